The molecular formula is C17H19N3O2. The van der Waals surface area contributed by atoms with Crippen molar-refractivity contribution in [3.8, 4) is 5.75 Å². The van der Waals surface area contributed by atoms with Gasteiger partial charge in [0.1, 0.15) is 5.75 Å². The lowest BCUT2D eigenvalue weighted by atomic mass is 10.1. The lowest BCUT2D eigenvalue weighted by Gasteiger charge is -2.05. The molecule has 0 atom stereocenters. The molecule has 0 aliphatic carbocycles. The number of rotatable bonds is 5. The van der Waals surface area contributed by atoms with Gasteiger partial charge in [0.25, 0.3) is 0 Å². The van der Waals surface area contributed by atoms with Crippen LogP contribution >= 0.6 is 0 Å². The Hall–Kier alpha value is -2.82. The Kier molecular flexibility index (Phi) is 5.14. The Morgan fingerprint density at radius 1 is 1.14 bits per heavy atom. The maximum atomic E-state index is 11.8. The Morgan fingerprint density at radius 3 is 2.55 bits per heavy atom. The Labute approximate surface area is 129 Å². The van der Waals surface area contributed by atoms with E-state index in [4.69, 9.17) is 16.2 Å². The number of aryl methyl sites for hydroxylation is 2. The molecule has 0 saturated carbocycles. The minimum absolute atomic E-state index is 0.0101. The topological polar surface area (TPSA) is 90.7 Å². The highest BCUT2D eigenvalue weighted by molar-refractivity contribution is 5.79. The summed E-state index contributed by atoms with van der Waals surface area (Å²) in [5.41, 5.74) is 13.5. The molecule has 0 spiro atoms. The maximum Gasteiger partial charge on any atom is 0.311 e. The fraction of sp³-hybridized carbons (Fsp3) is 0.176. The largest absolute Gasteiger partial charge is 0.427 e. The van der Waals surface area contributed by atoms with Crippen molar-refractivity contribution in [2.75, 3.05) is 0 Å². The molecule has 0 saturated heterocycles. The van der Waals surface area contributed by atoms with Crippen molar-refractivity contribution >= 4 is 17.6 Å². The molecule has 22 heavy (non-hydrogen) atoms. The molecule has 2 aromatic rings. The fourth-order valence-corrected chi connectivity index (χ4v) is 1.97. The second-order valence-electron chi connectivity index (χ2n) is 4.99. The summed E-state index contributed by atoms with van der Waals surface area (Å²) in [5, 5.41) is 0. The highest BCUT2D eigenvalue weighted by Gasteiger charge is 2.06. The van der Waals surface area contributed by atoms with E-state index in [0.29, 0.717) is 24.3 Å². The normalized spacial score (nSPS) is 10.0. The van der Waals surface area contributed by atoms with Gasteiger partial charge in [0.2, 0.25) is 0 Å². The number of hydrogen-bond acceptors (Lipinski definition) is 3. The third-order valence-electron chi connectivity index (χ3n) is 3.04. The number of esters is 1. The van der Waals surface area contributed by atoms with Crippen LogP contribution in [0.1, 0.15) is 17.5 Å². The Morgan fingerprint density at radius 2 is 1.86 bits per heavy atom. The summed E-state index contributed by atoms with van der Waals surface area (Å²) in [6, 6.07) is 14.8. The number of aliphatic imine (C=N–C) groups is 1. The van der Waals surface area contributed by atoms with Crippen LogP contribution in [0.5, 0.6) is 5.75 Å². The zero-order valence-corrected chi connectivity index (χ0v) is 12.5. The molecule has 0 aliphatic rings. The third-order valence-corrected chi connectivity index (χ3v) is 3.04. The molecular weight excluding hydrogens is 278 g/mol. The van der Waals surface area contributed by atoms with Crippen molar-refractivity contribution in [2.24, 2.45) is 16.5 Å². The quantitative estimate of drug-likeness (QED) is 0.384. The predicted molar refractivity (Wildman–Crippen MR) is 87.0 cm³/mol. The summed E-state index contributed by atoms with van der Waals surface area (Å²) in [6.45, 7) is 1.98. The fourth-order valence-electron chi connectivity index (χ4n) is 1.97. The maximum absolute atomic E-state index is 11.8. The number of carbonyl (C=O) groups is 1. The van der Waals surface area contributed by atoms with Crippen LogP contribution < -0.4 is 16.2 Å². The minimum atomic E-state index is -0.268. The molecule has 0 amide bonds. The highest BCUT2D eigenvalue weighted by atomic mass is 16.5. The van der Waals surface area contributed by atoms with E-state index in [0.717, 1.165) is 11.1 Å². The summed E-state index contributed by atoms with van der Waals surface area (Å²) < 4.78 is 5.28. The van der Waals surface area contributed by atoms with Crippen LogP contribution in [-0.4, -0.2) is 11.9 Å². The SMILES string of the molecule is Cc1ccc(OC(=O)CCc2cccc(N=C(N)N)c2)cc1. The molecule has 0 heterocycles. The second kappa shape index (κ2) is 7.26. The van der Waals surface area contributed by atoms with Crippen molar-refractivity contribution in [3.05, 3.63) is 59.7 Å². The van der Waals surface area contributed by atoms with Crippen LogP contribution in [0.2, 0.25) is 0 Å². The molecule has 2 rings (SSSR count). The van der Waals surface area contributed by atoms with Crippen molar-refractivity contribution < 1.29 is 9.53 Å². The zero-order valence-electron chi connectivity index (χ0n) is 12.5. The van der Waals surface area contributed by atoms with Gasteiger partial charge in [0.15, 0.2) is 5.96 Å². The van der Waals surface area contributed by atoms with Crippen LogP contribution in [0.25, 0.3) is 0 Å². The average molecular weight is 297 g/mol. The van der Waals surface area contributed by atoms with Gasteiger partial charge < -0.3 is 16.2 Å². The standard InChI is InChI=1S/C17H19N3O2/c1-12-5-8-15(9-6-12)22-16(21)10-7-13-3-2-4-14(11-13)20-17(18)19/h2-6,8-9,11H,7,10H2,1H3,(H4,18,19,20). The van der Waals surface area contributed by atoms with Crippen molar-refractivity contribution in [1.82, 2.24) is 0 Å². The number of carbonyl (C=O) groups excluding carboxylic acids is 1. The molecule has 0 fully saturated rings. The van der Waals surface area contributed by atoms with E-state index in [9.17, 15) is 4.79 Å². The summed E-state index contributed by atoms with van der Waals surface area (Å²) in [5.74, 6) is 0.303. The van der Waals surface area contributed by atoms with Gasteiger partial charge in [-0.05, 0) is 43.2 Å². The highest BCUT2D eigenvalue weighted by Crippen LogP contribution is 2.16. The van der Waals surface area contributed by atoms with Crippen LogP contribution in [0.3, 0.4) is 0 Å². The molecule has 0 aliphatic heterocycles. The monoisotopic (exact) mass is 297 g/mol. The smallest absolute Gasteiger partial charge is 0.311 e. The van der Waals surface area contributed by atoms with E-state index in [1.165, 1.54) is 0 Å². The van der Waals surface area contributed by atoms with Gasteiger partial charge in [0.05, 0.1) is 5.69 Å². The summed E-state index contributed by atoms with van der Waals surface area (Å²) in [6.07, 6.45) is 0.859. The van der Waals surface area contributed by atoms with E-state index in [1.54, 1.807) is 18.2 Å². The van der Waals surface area contributed by atoms with Gasteiger partial charge in [0, 0.05) is 6.42 Å². The van der Waals surface area contributed by atoms with E-state index in [-0.39, 0.29) is 11.9 Å². The number of hydrogen-bond donors (Lipinski definition) is 2. The molecule has 0 aromatic heterocycles. The number of nitrogens with zero attached hydrogens (tertiary/aromatic N) is 1. The first-order chi connectivity index (χ1) is 10.5. The average Bonchev–Trinajstić information content (AvgIpc) is 2.47. The molecule has 5 heteroatoms. The number of ether oxygens (including phenoxy) is 1. The van der Waals surface area contributed by atoms with E-state index in [1.807, 2.05) is 37.3 Å². The summed E-state index contributed by atoms with van der Waals surface area (Å²) in [7, 11) is 0. The van der Waals surface area contributed by atoms with Crippen LogP contribution in [0.15, 0.2) is 53.5 Å². The molecule has 0 bridgehead atoms. The summed E-state index contributed by atoms with van der Waals surface area (Å²) in [4.78, 5) is 15.8. The third kappa shape index (κ3) is 4.94. The number of nitrogens with two attached hydrogens (primary N) is 2. The molecule has 0 unspecified atom stereocenters. The lowest BCUT2D eigenvalue weighted by molar-refractivity contribution is -0.134. The number of guanidine groups is 1. The first-order valence-corrected chi connectivity index (χ1v) is 6.99. The minimum Gasteiger partial charge on any atom is -0.427 e. The zero-order chi connectivity index (χ0) is 15.9. The Bertz CT molecular complexity index is 675. The van der Waals surface area contributed by atoms with E-state index < -0.39 is 0 Å². The summed E-state index contributed by atoms with van der Waals surface area (Å²) >= 11 is 0. The van der Waals surface area contributed by atoms with Crippen molar-refractivity contribution in [1.29, 1.82) is 0 Å². The van der Waals surface area contributed by atoms with Gasteiger partial charge in [-0.2, -0.15) is 0 Å². The lowest BCUT2D eigenvalue weighted by Crippen LogP contribution is -2.21. The molecule has 2 aromatic carbocycles. The van der Waals surface area contributed by atoms with Gasteiger partial charge >= 0.3 is 5.97 Å². The first kappa shape index (κ1) is 15.6. The van der Waals surface area contributed by atoms with Gasteiger partial charge in [-0.1, -0.05) is 29.8 Å². The van der Waals surface area contributed by atoms with Crippen LogP contribution in [-0.2, 0) is 11.2 Å². The van der Waals surface area contributed by atoms with Crippen LogP contribution in [0.4, 0.5) is 5.69 Å². The van der Waals surface area contributed by atoms with E-state index in [2.05, 4.69) is 4.99 Å². The second-order valence-corrected chi connectivity index (χ2v) is 4.99. The molecule has 0 radical (unpaired) electrons. The first-order valence-electron chi connectivity index (χ1n) is 6.99. The van der Waals surface area contributed by atoms with E-state index >= 15 is 0 Å². The van der Waals surface area contributed by atoms with Gasteiger partial charge in [-0.25, -0.2) is 4.99 Å². The van der Waals surface area contributed by atoms with Gasteiger partial charge in [-0.3, -0.25) is 4.79 Å². The van der Waals surface area contributed by atoms with Crippen LogP contribution in [0, 0.1) is 6.92 Å². The Balaban J connectivity index is 1.91. The van der Waals surface area contributed by atoms with Crippen molar-refractivity contribution in [2.45, 2.75) is 19.8 Å². The molecule has 4 N–H and O–H groups in total. The van der Waals surface area contributed by atoms with Crippen molar-refractivity contribution in [3.63, 3.8) is 0 Å². The molecule has 5 nitrogen and oxygen atoms in total. The molecule has 114 valence electrons. The predicted octanol–water partition coefficient (Wildman–Crippen LogP) is 2.44. The van der Waals surface area contributed by atoms with Gasteiger partial charge in [-0.15, -0.1) is 0 Å². The number of benzene rings is 2.